The molecule has 4 heteroatoms. The summed E-state index contributed by atoms with van der Waals surface area (Å²) < 4.78 is 8.09. The molecule has 0 aliphatic rings. The van der Waals surface area contributed by atoms with E-state index in [4.69, 9.17) is 4.74 Å². The van der Waals surface area contributed by atoms with Gasteiger partial charge in [0.2, 0.25) is 0 Å². The van der Waals surface area contributed by atoms with Crippen LogP contribution in [-0.4, -0.2) is 16.9 Å². The second kappa shape index (κ2) is 5.51. The molecule has 0 fully saturated rings. The van der Waals surface area contributed by atoms with Crippen molar-refractivity contribution in [2.24, 2.45) is 0 Å². The summed E-state index contributed by atoms with van der Waals surface area (Å²) >= 11 is 3.43. The first-order valence-electron chi connectivity index (χ1n) is 6.22. The lowest BCUT2D eigenvalue weighted by molar-refractivity contribution is 0.415. The highest BCUT2D eigenvalue weighted by Gasteiger charge is 2.04. The second-order valence-corrected chi connectivity index (χ2v) is 5.27. The standard InChI is InChI=1S/C16H13BrN2O/c1-20-15-8-2-12(3-9-15)16-10-11-19(18-16)14-6-4-13(17)5-7-14/h2-11H,1H3. The average Bonchev–Trinajstić information content (AvgIpc) is 2.98. The predicted octanol–water partition coefficient (Wildman–Crippen LogP) is 4.31. The molecule has 0 N–H and O–H groups in total. The van der Waals surface area contributed by atoms with Gasteiger partial charge >= 0.3 is 0 Å². The SMILES string of the molecule is COc1ccc(-c2ccn(-c3ccc(Br)cc3)n2)cc1. The van der Waals surface area contributed by atoms with E-state index in [-0.39, 0.29) is 0 Å². The van der Waals surface area contributed by atoms with Gasteiger partial charge in [0.1, 0.15) is 5.75 Å². The third-order valence-electron chi connectivity index (χ3n) is 3.07. The summed E-state index contributed by atoms with van der Waals surface area (Å²) in [6.07, 6.45) is 1.96. The van der Waals surface area contributed by atoms with Crippen LogP contribution in [0.25, 0.3) is 16.9 Å². The van der Waals surface area contributed by atoms with Gasteiger partial charge < -0.3 is 4.74 Å². The van der Waals surface area contributed by atoms with Crippen LogP contribution in [0.4, 0.5) is 0 Å². The van der Waals surface area contributed by atoms with Gasteiger partial charge in [-0.25, -0.2) is 4.68 Å². The van der Waals surface area contributed by atoms with Crippen LogP contribution >= 0.6 is 15.9 Å². The maximum Gasteiger partial charge on any atom is 0.118 e. The third kappa shape index (κ3) is 2.60. The van der Waals surface area contributed by atoms with Crippen LogP contribution in [0.3, 0.4) is 0 Å². The van der Waals surface area contributed by atoms with Crippen LogP contribution in [0.2, 0.25) is 0 Å². The van der Waals surface area contributed by atoms with Gasteiger partial charge in [-0.3, -0.25) is 0 Å². The molecule has 3 rings (SSSR count). The Balaban J connectivity index is 1.91. The molecule has 100 valence electrons. The highest BCUT2D eigenvalue weighted by molar-refractivity contribution is 9.10. The zero-order valence-electron chi connectivity index (χ0n) is 11.0. The van der Waals surface area contributed by atoms with E-state index in [1.165, 1.54) is 0 Å². The van der Waals surface area contributed by atoms with E-state index >= 15 is 0 Å². The van der Waals surface area contributed by atoms with Gasteiger partial charge in [-0.05, 0) is 54.6 Å². The summed E-state index contributed by atoms with van der Waals surface area (Å²) in [5, 5.41) is 4.60. The molecule has 0 saturated heterocycles. The van der Waals surface area contributed by atoms with Gasteiger partial charge in [0.05, 0.1) is 18.5 Å². The highest BCUT2D eigenvalue weighted by Crippen LogP contribution is 2.22. The van der Waals surface area contributed by atoms with E-state index < -0.39 is 0 Å². The van der Waals surface area contributed by atoms with Crippen molar-refractivity contribution in [1.82, 2.24) is 9.78 Å². The lowest BCUT2D eigenvalue weighted by Gasteiger charge is -2.02. The molecule has 1 heterocycles. The van der Waals surface area contributed by atoms with Crippen molar-refractivity contribution in [3.05, 3.63) is 65.3 Å². The minimum atomic E-state index is 0.848. The lowest BCUT2D eigenvalue weighted by Crippen LogP contribution is -1.94. The smallest absolute Gasteiger partial charge is 0.118 e. The van der Waals surface area contributed by atoms with Crippen LogP contribution in [0, 0.1) is 0 Å². The van der Waals surface area contributed by atoms with Crippen molar-refractivity contribution in [1.29, 1.82) is 0 Å². The topological polar surface area (TPSA) is 27.1 Å². The van der Waals surface area contributed by atoms with Crippen molar-refractivity contribution in [3.63, 3.8) is 0 Å². The van der Waals surface area contributed by atoms with Crippen molar-refractivity contribution >= 4 is 15.9 Å². The Kier molecular flexibility index (Phi) is 3.56. The predicted molar refractivity (Wildman–Crippen MR) is 83.3 cm³/mol. The fourth-order valence-corrected chi connectivity index (χ4v) is 2.24. The third-order valence-corrected chi connectivity index (χ3v) is 3.59. The maximum atomic E-state index is 5.16. The van der Waals surface area contributed by atoms with Crippen molar-refractivity contribution < 1.29 is 4.74 Å². The summed E-state index contributed by atoms with van der Waals surface area (Å²) in [5.41, 5.74) is 3.05. The summed E-state index contributed by atoms with van der Waals surface area (Å²) in [6, 6.07) is 17.9. The molecule has 0 unspecified atom stereocenters. The zero-order chi connectivity index (χ0) is 13.9. The number of hydrogen-bond acceptors (Lipinski definition) is 2. The molecule has 2 aromatic carbocycles. The molecule has 3 nitrogen and oxygen atoms in total. The molecule has 0 aliphatic carbocycles. The van der Waals surface area contributed by atoms with E-state index in [0.717, 1.165) is 27.2 Å². The van der Waals surface area contributed by atoms with E-state index in [9.17, 15) is 0 Å². The van der Waals surface area contributed by atoms with Crippen molar-refractivity contribution in [3.8, 4) is 22.7 Å². The Labute approximate surface area is 125 Å². The van der Waals surface area contributed by atoms with Gasteiger partial charge in [0, 0.05) is 16.2 Å². The zero-order valence-corrected chi connectivity index (χ0v) is 12.5. The van der Waals surface area contributed by atoms with Gasteiger partial charge in [-0.15, -0.1) is 0 Å². The van der Waals surface area contributed by atoms with Gasteiger partial charge in [0.25, 0.3) is 0 Å². The molecule has 3 aromatic rings. The molecule has 0 bridgehead atoms. The Bertz CT molecular complexity index is 702. The lowest BCUT2D eigenvalue weighted by atomic mass is 10.1. The highest BCUT2D eigenvalue weighted by atomic mass is 79.9. The minimum absolute atomic E-state index is 0.848. The summed E-state index contributed by atoms with van der Waals surface area (Å²) in [4.78, 5) is 0. The van der Waals surface area contributed by atoms with E-state index in [1.54, 1.807) is 7.11 Å². The van der Waals surface area contributed by atoms with E-state index in [1.807, 2.05) is 65.5 Å². The Morgan fingerprint density at radius 2 is 1.65 bits per heavy atom. The second-order valence-electron chi connectivity index (χ2n) is 4.35. The molecule has 0 atom stereocenters. The number of benzene rings is 2. The fourth-order valence-electron chi connectivity index (χ4n) is 1.98. The van der Waals surface area contributed by atoms with Crippen LogP contribution in [0.15, 0.2) is 65.3 Å². The monoisotopic (exact) mass is 328 g/mol. The Hall–Kier alpha value is -2.07. The molecule has 20 heavy (non-hydrogen) atoms. The molecule has 0 saturated carbocycles. The first-order chi connectivity index (χ1) is 9.76. The molecule has 0 radical (unpaired) electrons. The largest absolute Gasteiger partial charge is 0.497 e. The van der Waals surface area contributed by atoms with Gasteiger partial charge in [-0.2, -0.15) is 5.10 Å². The molecule has 0 spiro atoms. The number of nitrogens with zero attached hydrogens (tertiary/aromatic N) is 2. The minimum Gasteiger partial charge on any atom is -0.497 e. The molecule has 0 aliphatic heterocycles. The molecular weight excluding hydrogens is 316 g/mol. The van der Waals surface area contributed by atoms with E-state index in [0.29, 0.717) is 0 Å². The molecule has 1 aromatic heterocycles. The molecular formula is C16H13BrN2O. The quantitative estimate of drug-likeness (QED) is 0.716. The van der Waals surface area contributed by atoms with Crippen molar-refractivity contribution in [2.75, 3.05) is 7.11 Å². The maximum absolute atomic E-state index is 5.16. The summed E-state index contributed by atoms with van der Waals surface area (Å²) in [6.45, 7) is 0. The van der Waals surface area contributed by atoms with E-state index in [2.05, 4.69) is 21.0 Å². The summed E-state index contributed by atoms with van der Waals surface area (Å²) in [7, 11) is 1.66. The first kappa shape index (κ1) is 12.9. The number of hydrogen-bond donors (Lipinski definition) is 0. The number of methoxy groups -OCH3 is 1. The Morgan fingerprint density at radius 1 is 0.950 bits per heavy atom. The van der Waals surface area contributed by atoms with Crippen LogP contribution < -0.4 is 4.74 Å². The van der Waals surface area contributed by atoms with Crippen LogP contribution in [-0.2, 0) is 0 Å². The van der Waals surface area contributed by atoms with Crippen LogP contribution in [0.1, 0.15) is 0 Å². The normalized spacial score (nSPS) is 10.5. The molecule has 0 amide bonds. The number of halogens is 1. The summed E-state index contributed by atoms with van der Waals surface area (Å²) in [5.74, 6) is 0.848. The van der Waals surface area contributed by atoms with Gasteiger partial charge in [-0.1, -0.05) is 15.9 Å². The van der Waals surface area contributed by atoms with Crippen LogP contribution in [0.5, 0.6) is 5.75 Å². The Morgan fingerprint density at radius 3 is 2.30 bits per heavy atom. The van der Waals surface area contributed by atoms with Crippen molar-refractivity contribution in [2.45, 2.75) is 0 Å². The fraction of sp³-hybridized carbons (Fsp3) is 0.0625. The average molecular weight is 329 g/mol. The number of rotatable bonds is 3. The number of ether oxygens (including phenoxy) is 1. The first-order valence-corrected chi connectivity index (χ1v) is 7.01. The van der Waals surface area contributed by atoms with Gasteiger partial charge in [0.15, 0.2) is 0 Å². The number of aromatic nitrogens is 2.